The van der Waals surface area contributed by atoms with Crippen molar-refractivity contribution >= 4 is 11.7 Å². The number of ether oxygens (including phenoxy) is 1. The largest absolute Gasteiger partial charge is 0.372 e. The second kappa shape index (κ2) is 7.57. The van der Waals surface area contributed by atoms with Gasteiger partial charge in [-0.15, -0.1) is 0 Å². The average Bonchev–Trinajstić information content (AvgIpc) is 3.25. The predicted octanol–water partition coefficient (Wildman–Crippen LogP) is 1.77. The van der Waals surface area contributed by atoms with Crippen LogP contribution in [0.25, 0.3) is 0 Å². The number of hydrogen-bond donors (Lipinski definition) is 1. The van der Waals surface area contributed by atoms with E-state index in [0.717, 1.165) is 45.9 Å². The molecule has 1 aromatic carbocycles. The van der Waals surface area contributed by atoms with Gasteiger partial charge in [0.15, 0.2) is 5.82 Å². The molecule has 4 rings (SSSR count). The van der Waals surface area contributed by atoms with Crippen molar-refractivity contribution in [1.29, 1.82) is 0 Å². The summed E-state index contributed by atoms with van der Waals surface area (Å²) < 4.78 is 10.4. The zero-order valence-electron chi connectivity index (χ0n) is 15.0. The van der Waals surface area contributed by atoms with E-state index in [-0.39, 0.29) is 5.91 Å². The smallest absolute Gasteiger partial charge is 0.239 e. The molecule has 0 unspecified atom stereocenters. The van der Waals surface area contributed by atoms with E-state index in [4.69, 9.17) is 9.26 Å². The average molecular weight is 356 g/mol. The van der Waals surface area contributed by atoms with Gasteiger partial charge in [0.05, 0.1) is 19.8 Å². The molecule has 1 N–H and O–H groups in total. The number of aromatic nitrogens is 1. The van der Waals surface area contributed by atoms with Gasteiger partial charge in [-0.3, -0.25) is 14.6 Å². The Hall–Kier alpha value is -2.22. The molecule has 7 heteroatoms. The number of hydrogen-bond acceptors (Lipinski definition) is 6. The summed E-state index contributed by atoms with van der Waals surface area (Å²) >= 11 is 0. The van der Waals surface area contributed by atoms with Crippen molar-refractivity contribution in [1.82, 2.24) is 15.0 Å². The maximum Gasteiger partial charge on any atom is 0.239 e. The van der Waals surface area contributed by atoms with Gasteiger partial charge in [0, 0.05) is 38.8 Å². The van der Waals surface area contributed by atoms with Crippen LogP contribution in [0.2, 0.25) is 0 Å². The lowest BCUT2D eigenvalue weighted by Crippen LogP contribution is -2.48. The molecule has 0 aliphatic carbocycles. The van der Waals surface area contributed by atoms with E-state index in [1.54, 1.807) is 13.0 Å². The molecule has 2 aliphatic rings. The number of piperazine rings is 1. The van der Waals surface area contributed by atoms with Gasteiger partial charge in [0.2, 0.25) is 5.91 Å². The third-order valence-corrected chi connectivity index (χ3v) is 4.92. The van der Waals surface area contributed by atoms with Gasteiger partial charge in [0.25, 0.3) is 0 Å². The van der Waals surface area contributed by atoms with Gasteiger partial charge in [-0.1, -0.05) is 23.4 Å². The number of nitrogens with one attached hydrogen (secondary N) is 1. The number of benzene rings is 1. The Morgan fingerprint density at radius 2 is 1.88 bits per heavy atom. The fraction of sp³-hybridized carbons (Fsp3) is 0.474. The van der Waals surface area contributed by atoms with Gasteiger partial charge in [-0.25, -0.2) is 0 Å². The van der Waals surface area contributed by atoms with Crippen molar-refractivity contribution in [2.45, 2.75) is 26.7 Å². The fourth-order valence-corrected chi connectivity index (χ4v) is 3.50. The van der Waals surface area contributed by atoms with Gasteiger partial charge in [-0.2, -0.15) is 0 Å². The summed E-state index contributed by atoms with van der Waals surface area (Å²) in [4.78, 5) is 16.7. The maximum absolute atomic E-state index is 12.1. The first-order chi connectivity index (χ1) is 12.7. The number of anilines is 1. The number of carbonyl (C=O) groups excluding carboxylic acids is 1. The van der Waals surface area contributed by atoms with Crippen LogP contribution in [0.3, 0.4) is 0 Å². The van der Waals surface area contributed by atoms with Crippen LogP contribution in [0.5, 0.6) is 0 Å². The first-order valence-electron chi connectivity index (χ1n) is 9.02. The van der Waals surface area contributed by atoms with Crippen LogP contribution in [0.4, 0.5) is 5.82 Å². The number of carbonyl (C=O) groups is 1. The highest BCUT2D eigenvalue weighted by Gasteiger charge is 2.20. The van der Waals surface area contributed by atoms with Crippen molar-refractivity contribution < 1.29 is 14.1 Å². The number of fused-ring (bicyclic) bond motifs is 1. The Kier molecular flexibility index (Phi) is 5.01. The van der Waals surface area contributed by atoms with Crippen LogP contribution in [0.15, 0.2) is 28.8 Å². The molecule has 0 spiro atoms. The third-order valence-electron chi connectivity index (χ3n) is 4.92. The molecule has 1 amide bonds. The molecule has 0 atom stereocenters. The monoisotopic (exact) mass is 356 g/mol. The molecule has 2 aliphatic heterocycles. The van der Waals surface area contributed by atoms with Gasteiger partial charge in [0.1, 0.15) is 5.76 Å². The summed E-state index contributed by atoms with van der Waals surface area (Å²) in [7, 11) is 0. The summed E-state index contributed by atoms with van der Waals surface area (Å²) in [5.74, 6) is 1.11. The SMILES string of the molecule is Cc1cc(NC(=O)CN2CCN(Cc3ccc4c(c3)COC4)CC2)no1. The highest BCUT2D eigenvalue weighted by atomic mass is 16.5. The molecule has 0 saturated carbocycles. The summed E-state index contributed by atoms with van der Waals surface area (Å²) in [6.07, 6.45) is 0. The lowest BCUT2D eigenvalue weighted by Gasteiger charge is -2.34. The molecule has 1 saturated heterocycles. The van der Waals surface area contributed by atoms with Crippen molar-refractivity contribution in [3.63, 3.8) is 0 Å². The van der Waals surface area contributed by atoms with Crippen LogP contribution >= 0.6 is 0 Å². The van der Waals surface area contributed by atoms with Gasteiger partial charge >= 0.3 is 0 Å². The summed E-state index contributed by atoms with van der Waals surface area (Å²) in [5.41, 5.74) is 3.97. The Labute approximate surface area is 152 Å². The zero-order chi connectivity index (χ0) is 17.9. The minimum absolute atomic E-state index is 0.0506. The number of nitrogens with zero attached hydrogens (tertiary/aromatic N) is 3. The van der Waals surface area contributed by atoms with E-state index in [9.17, 15) is 4.79 Å². The second-order valence-corrected chi connectivity index (χ2v) is 7.02. The minimum atomic E-state index is -0.0506. The predicted molar refractivity (Wildman–Crippen MR) is 96.5 cm³/mol. The zero-order valence-corrected chi connectivity index (χ0v) is 15.0. The third kappa shape index (κ3) is 4.12. The Morgan fingerprint density at radius 3 is 2.65 bits per heavy atom. The second-order valence-electron chi connectivity index (χ2n) is 7.02. The molecule has 1 fully saturated rings. The fourth-order valence-electron chi connectivity index (χ4n) is 3.50. The van der Waals surface area contributed by atoms with E-state index in [0.29, 0.717) is 18.1 Å². The minimum Gasteiger partial charge on any atom is -0.372 e. The van der Waals surface area contributed by atoms with Crippen molar-refractivity contribution in [2.75, 3.05) is 38.0 Å². The molecule has 3 heterocycles. The number of aryl methyl sites for hydroxylation is 1. The molecular formula is C19H24N4O3. The molecule has 1 aromatic heterocycles. The van der Waals surface area contributed by atoms with E-state index in [1.807, 2.05) is 0 Å². The first kappa shape index (κ1) is 17.2. The summed E-state index contributed by atoms with van der Waals surface area (Å²) in [6.45, 7) is 8.31. The Morgan fingerprint density at radius 1 is 1.12 bits per heavy atom. The Bertz CT molecular complexity index is 781. The van der Waals surface area contributed by atoms with Gasteiger partial charge < -0.3 is 14.6 Å². The number of rotatable bonds is 5. The van der Waals surface area contributed by atoms with E-state index >= 15 is 0 Å². The van der Waals surface area contributed by atoms with Crippen LogP contribution in [0.1, 0.15) is 22.5 Å². The quantitative estimate of drug-likeness (QED) is 0.880. The molecule has 0 bridgehead atoms. The highest BCUT2D eigenvalue weighted by molar-refractivity contribution is 5.91. The molecule has 0 radical (unpaired) electrons. The topological polar surface area (TPSA) is 70.8 Å². The first-order valence-corrected chi connectivity index (χ1v) is 9.02. The number of amides is 1. The van der Waals surface area contributed by atoms with Crippen LogP contribution in [-0.2, 0) is 29.3 Å². The van der Waals surface area contributed by atoms with Crippen LogP contribution in [-0.4, -0.2) is 53.6 Å². The van der Waals surface area contributed by atoms with Crippen LogP contribution in [0, 0.1) is 6.92 Å². The molecule has 26 heavy (non-hydrogen) atoms. The van der Waals surface area contributed by atoms with Crippen molar-refractivity contribution in [3.05, 3.63) is 46.7 Å². The normalized spacial score (nSPS) is 18.0. The lowest BCUT2D eigenvalue weighted by atomic mass is 10.1. The Balaban J connectivity index is 1.23. The van der Waals surface area contributed by atoms with Crippen molar-refractivity contribution in [2.24, 2.45) is 0 Å². The lowest BCUT2D eigenvalue weighted by molar-refractivity contribution is -0.117. The molecular weight excluding hydrogens is 332 g/mol. The summed E-state index contributed by atoms with van der Waals surface area (Å²) in [5, 5.41) is 6.56. The molecule has 138 valence electrons. The van der Waals surface area contributed by atoms with E-state index in [2.05, 4.69) is 38.5 Å². The van der Waals surface area contributed by atoms with Crippen LogP contribution < -0.4 is 5.32 Å². The highest BCUT2D eigenvalue weighted by Crippen LogP contribution is 2.21. The van der Waals surface area contributed by atoms with E-state index < -0.39 is 0 Å². The van der Waals surface area contributed by atoms with Gasteiger partial charge in [-0.05, 0) is 23.6 Å². The molecule has 7 nitrogen and oxygen atoms in total. The maximum atomic E-state index is 12.1. The summed E-state index contributed by atoms with van der Waals surface area (Å²) in [6, 6.07) is 8.37. The molecule has 2 aromatic rings. The standard InChI is InChI=1S/C19H24N4O3/c1-14-8-18(21-26-14)20-19(24)11-23-6-4-22(5-7-23)10-15-2-3-16-12-25-13-17(16)9-15/h2-3,8-9H,4-7,10-13H2,1H3,(H,20,21,24). The van der Waals surface area contributed by atoms with Crippen molar-refractivity contribution in [3.8, 4) is 0 Å². The van der Waals surface area contributed by atoms with E-state index in [1.165, 1.54) is 16.7 Å².